The van der Waals surface area contributed by atoms with Crippen molar-refractivity contribution in [1.29, 1.82) is 0 Å². The summed E-state index contributed by atoms with van der Waals surface area (Å²) in [4.78, 5) is 16.4. The monoisotopic (exact) mass is 362 g/mol. The van der Waals surface area contributed by atoms with E-state index in [1.54, 1.807) is 26.0 Å². The van der Waals surface area contributed by atoms with Gasteiger partial charge >= 0.3 is 7.12 Å². The Balaban J connectivity index is 2.04. The number of nitrogens with zero attached hydrogens (tertiary/aromatic N) is 1. The van der Waals surface area contributed by atoms with E-state index >= 15 is 0 Å². The summed E-state index contributed by atoms with van der Waals surface area (Å²) >= 11 is 0. The van der Waals surface area contributed by atoms with Gasteiger partial charge in [0, 0.05) is 11.2 Å². The molecule has 9 heteroatoms. The molecule has 0 atom stereocenters. The maximum absolute atomic E-state index is 12.1. The van der Waals surface area contributed by atoms with Crippen LogP contribution in [-0.4, -0.2) is 42.2 Å². The van der Waals surface area contributed by atoms with E-state index in [9.17, 15) is 13.2 Å². The van der Waals surface area contributed by atoms with Crippen molar-refractivity contribution in [1.82, 2.24) is 4.98 Å². The van der Waals surface area contributed by atoms with E-state index < -0.39 is 17.0 Å². The van der Waals surface area contributed by atoms with Crippen LogP contribution in [0, 0.1) is 6.92 Å². The molecule has 3 N–H and O–H groups in total. The number of pyridine rings is 1. The lowest BCUT2D eigenvalue weighted by atomic mass is 9.79. The molecule has 0 spiro atoms. The summed E-state index contributed by atoms with van der Waals surface area (Å²) in [7, 11) is -4.87. The minimum Gasteiger partial charge on any atom is -0.423 e. The lowest BCUT2D eigenvalue weighted by molar-refractivity contribution is -0.115. The van der Waals surface area contributed by atoms with Crippen molar-refractivity contribution in [3.05, 3.63) is 47.7 Å². The number of hydrogen-bond acceptors (Lipinski definition) is 6. The summed E-state index contributed by atoms with van der Waals surface area (Å²) in [6.45, 7) is 3.18. The number of rotatable bonds is 6. The second kappa shape index (κ2) is 7.77. The molecule has 0 aliphatic heterocycles. The van der Waals surface area contributed by atoms with Gasteiger partial charge in [-0.15, -0.1) is 0 Å². The first-order valence-corrected chi connectivity index (χ1v) is 9.33. The lowest BCUT2D eigenvalue weighted by Gasteiger charge is -2.09. The second-order valence-electron chi connectivity index (χ2n) is 5.52. The van der Waals surface area contributed by atoms with Crippen LogP contribution < -0.4 is 10.8 Å². The first-order valence-electron chi connectivity index (χ1n) is 7.68. The van der Waals surface area contributed by atoms with Gasteiger partial charge in [0.15, 0.2) is 9.84 Å². The Morgan fingerprint density at radius 1 is 1.16 bits per heavy atom. The second-order valence-corrected chi connectivity index (χ2v) is 7.80. The highest BCUT2D eigenvalue weighted by Crippen LogP contribution is 2.13. The Hall–Kier alpha value is -2.23. The van der Waals surface area contributed by atoms with Gasteiger partial charge in [-0.05, 0) is 30.7 Å². The Bertz CT molecular complexity index is 867. The number of aryl methyl sites for hydroxylation is 1. The Morgan fingerprint density at radius 3 is 2.32 bits per heavy atom. The third kappa shape index (κ3) is 4.88. The molecular formula is C16H19BN2O5S. The van der Waals surface area contributed by atoms with Gasteiger partial charge in [0.2, 0.25) is 5.91 Å². The van der Waals surface area contributed by atoms with Crippen LogP contribution >= 0.6 is 0 Å². The Morgan fingerprint density at radius 2 is 1.80 bits per heavy atom. The molecule has 0 bridgehead atoms. The Labute approximate surface area is 146 Å². The van der Waals surface area contributed by atoms with Crippen molar-refractivity contribution in [3.8, 4) is 0 Å². The number of carbonyl (C=O) groups excluding carboxylic acids is 1. The van der Waals surface area contributed by atoms with E-state index in [4.69, 9.17) is 10.0 Å². The topological polar surface area (TPSA) is 117 Å². The Kier molecular flexibility index (Phi) is 5.94. The first kappa shape index (κ1) is 19.1. The highest BCUT2D eigenvalue weighted by Gasteiger charge is 2.16. The van der Waals surface area contributed by atoms with Crippen LogP contribution in [-0.2, 0) is 21.1 Å². The molecule has 0 fully saturated rings. The van der Waals surface area contributed by atoms with Gasteiger partial charge in [-0.1, -0.05) is 25.1 Å². The van der Waals surface area contributed by atoms with E-state index in [0.717, 1.165) is 0 Å². The van der Waals surface area contributed by atoms with Gasteiger partial charge in [-0.3, -0.25) is 4.79 Å². The van der Waals surface area contributed by atoms with E-state index in [2.05, 4.69) is 10.3 Å². The zero-order valence-corrected chi connectivity index (χ0v) is 14.7. The van der Waals surface area contributed by atoms with E-state index in [1.165, 1.54) is 24.3 Å². The lowest BCUT2D eigenvalue weighted by Crippen LogP contribution is -2.33. The molecule has 25 heavy (non-hydrogen) atoms. The molecule has 2 aromatic rings. The van der Waals surface area contributed by atoms with Crippen molar-refractivity contribution in [2.45, 2.75) is 25.2 Å². The predicted molar refractivity (Wildman–Crippen MR) is 95.3 cm³/mol. The molecule has 1 heterocycles. The molecule has 1 aromatic carbocycles. The zero-order chi connectivity index (χ0) is 18.6. The molecule has 1 amide bonds. The number of aromatic nitrogens is 1. The van der Waals surface area contributed by atoms with Gasteiger partial charge in [-0.25, -0.2) is 13.4 Å². The van der Waals surface area contributed by atoms with Crippen molar-refractivity contribution >= 4 is 34.1 Å². The average Bonchev–Trinajstić information content (AvgIpc) is 2.55. The SMILES string of the molecule is CCS(=O)(=O)c1ccc(CC(=O)Nc2ccc(B(O)O)c(C)n2)cc1. The maximum atomic E-state index is 12.1. The smallest absolute Gasteiger partial charge is 0.423 e. The van der Waals surface area contributed by atoms with Crippen LogP contribution in [0.1, 0.15) is 18.2 Å². The number of carbonyl (C=O) groups is 1. The third-order valence-electron chi connectivity index (χ3n) is 3.70. The summed E-state index contributed by atoms with van der Waals surface area (Å²) in [5.74, 6) is 0.0171. The summed E-state index contributed by atoms with van der Waals surface area (Å²) in [6, 6.07) is 9.14. The van der Waals surface area contributed by atoms with Crippen LogP contribution in [0.25, 0.3) is 0 Å². The normalized spacial score (nSPS) is 11.2. The number of sulfone groups is 1. The van der Waals surface area contributed by atoms with Crippen molar-refractivity contribution < 1.29 is 23.3 Å². The predicted octanol–water partition coefficient (Wildman–Crippen LogP) is 0.0446. The molecule has 0 aliphatic carbocycles. The molecule has 1 aromatic heterocycles. The van der Waals surface area contributed by atoms with Crippen LogP contribution in [0.15, 0.2) is 41.3 Å². The highest BCUT2D eigenvalue weighted by atomic mass is 32.2. The van der Waals surface area contributed by atoms with Crippen molar-refractivity contribution in [3.63, 3.8) is 0 Å². The maximum Gasteiger partial charge on any atom is 0.490 e. The van der Waals surface area contributed by atoms with Crippen molar-refractivity contribution in [2.24, 2.45) is 0 Å². The number of anilines is 1. The van der Waals surface area contributed by atoms with Crippen LogP contribution in [0.2, 0.25) is 0 Å². The van der Waals surface area contributed by atoms with Crippen LogP contribution in [0.5, 0.6) is 0 Å². The fraction of sp³-hybridized carbons (Fsp3) is 0.250. The average molecular weight is 362 g/mol. The van der Waals surface area contributed by atoms with Gasteiger partial charge < -0.3 is 15.4 Å². The summed E-state index contributed by atoms with van der Waals surface area (Å²) in [6.07, 6.45) is 0.0670. The molecule has 0 aliphatic rings. The quantitative estimate of drug-likeness (QED) is 0.625. The zero-order valence-electron chi connectivity index (χ0n) is 13.9. The fourth-order valence-corrected chi connectivity index (χ4v) is 3.15. The van der Waals surface area contributed by atoms with E-state index in [-0.39, 0.29) is 28.4 Å². The van der Waals surface area contributed by atoms with Crippen LogP contribution in [0.3, 0.4) is 0 Å². The summed E-state index contributed by atoms with van der Waals surface area (Å²) in [5.41, 5.74) is 1.35. The first-order chi connectivity index (χ1) is 11.7. The van der Waals surface area contributed by atoms with Gasteiger partial charge in [0.25, 0.3) is 0 Å². The molecule has 0 saturated carbocycles. The molecule has 0 saturated heterocycles. The van der Waals surface area contributed by atoms with Crippen LogP contribution in [0.4, 0.5) is 5.82 Å². The molecule has 2 rings (SSSR count). The standard InChI is InChI=1S/C16H19BN2O5S/c1-3-25(23,24)13-6-4-12(5-7-13)10-16(20)19-15-9-8-14(17(21)22)11(2)18-15/h4-9,21-22H,3,10H2,1-2H3,(H,18,19,20). The number of nitrogens with one attached hydrogen (secondary N) is 1. The fourth-order valence-electron chi connectivity index (χ4n) is 2.27. The van der Waals surface area contributed by atoms with Crippen molar-refractivity contribution in [2.75, 3.05) is 11.1 Å². The molecule has 7 nitrogen and oxygen atoms in total. The largest absolute Gasteiger partial charge is 0.490 e. The summed E-state index contributed by atoms with van der Waals surface area (Å²) < 4.78 is 23.5. The molecule has 0 unspecified atom stereocenters. The molecular weight excluding hydrogens is 343 g/mol. The highest BCUT2D eigenvalue weighted by molar-refractivity contribution is 7.91. The number of hydrogen-bond donors (Lipinski definition) is 3. The minimum atomic E-state index is -3.26. The van der Waals surface area contributed by atoms with Gasteiger partial charge in [-0.2, -0.15) is 0 Å². The number of amides is 1. The molecule has 0 radical (unpaired) electrons. The minimum absolute atomic E-state index is 0.0242. The van der Waals surface area contributed by atoms with E-state index in [0.29, 0.717) is 17.1 Å². The van der Waals surface area contributed by atoms with Gasteiger partial charge in [0.05, 0.1) is 17.1 Å². The summed E-state index contributed by atoms with van der Waals surface area (Å²) in [5, 5.41) is 20.9. The number of benzene rings is 1. The van der Waals surface area contributed by atoms with E-state index in [1.807, 2.05) is 0 Å². The van der Waals surface area contributed by atoms with Gasteiger partial charge in [0.1, 0.15) is 5.82 Å². The third-order valence-corrected chi connectivity index (χ3v) is 5.45. The molecule has 132 valence electrons.